The van der Waals surface area contributed by atoms with Gasteiger partial charge in [0.1, 0.15) is 7.14 Å². The van der Waals surface area contributed by atoms with Gasteiger partial charge in [-0.2, -0.15) is 5.06 Å². The average molecular weight is 375 g/mol. The van der Waals surface area contributed by atoms with Crippen molar-refractivity contribution >= 4 is 17.8 Å². The lowest BCUT2D eigenvalue weighted by molar-refractivity contribution is -0.136. The molecule has 27 heavy (non-hydrogen) atoms. The van der Waals surface area contributed by atoms with Crippen molar-refractivity contribution in [1.29, 1.82) is 0 Å². The van der Waals surface area contributed by atoms with E-state index in [4.69, 9.17) is 4.84 Å². The molecule has 0 radical (unpaired) electrons. The molecule has 0 N–H and O–H groups in total. The molecule has 3 aromatic carbocycles. The minimum Gasteiger partial charge on any atom is -0.313 e. The number of hydrogen-bond donors (Lipinski definition) is 0. The van der Waals surface area contributed by atoms with Crippen LogP contribution in [0.15, 0.2) is 84.9 Å². The Balaban J connectivity index is 1.69. The van der Waals surface area contributed by atoms with Crippen molar-refractivity contribution in [1.82, 2.24) is 5.06 Å². The Bertz CT molecular complexity index is 946. The Morgan fingerprint density at radius 2 is 1.41 bits per heavy atom. The van der Waals surface area contributed by atoms with Crippen LogP contribution < -0.4 is 10.6 Å². The summed E-state index contributed by atoms with van der Waals surface area (Å²) >= 11 is 0. The smallest absolute Gasteiger partial charge is 0.150 e. The SMILES string of the molecule is O=P(c1ccccc1)(c1ccccc1)C1CON2CCc3ccccc3C12. The molecule has 3 nitrogen and oxygen atoms in total. The summed E-state index contributed by atoms with van der Waals surface area (Å²) in [6, 6.07) is 28.5. The van der Waals surface area contributed by atoms with Gasteiger partial charge < -0.3 is 4.57 Å². The second-order valence-electron chi connectivity index (χ2n) is 7.23. The summed E-state index contributed by atoms with van der Waals surface area (Å²) in [6.07, 6.45) is 0.973. The van der Waals surface area contributed by atoms with Crippen LogP contribution in [0.2, 0.25) is 0 Å². The Hall–Kier alpha value is -2.19. The fourth-order valence-electron chi connectivity index (χ4n) is 4.52. The molecule has 0 aromatic heterocycles. The van der Waals surface area contributed by atoms with E-state index in [-0.39, 0.29) is 11.7 Å². The molecule has 2 heterocycles. The molecule has 2 atom stereocenters. The third kappa shape index (κ3) is 2.70. The quantitative estimate of drug-likeness (QED) is 0.650. The highest BCUT2D eigenvalue weighted by Crippen LogP contribution is 2.57. The summed E-state index contributed by atoms with van der Waals surface area (Å²) in [4.78, 5) is 6.08. The molecule has 0 aliphatic carbocycles. The van der Waals surface area contributed by atoms with Crippen molar-refractivity contribution in [2.24, 2.45) is 0 Å². The van der Waals surface area contributed by atoms with Crippen molar-refractivity contribution in [3.05, 3.63) is 96.1 Å². The van der Waals surface area contributed by atoms with E-state index in [0.717, 1.165) is 23.6 Å². The zero-order valence-electron chi connectivity index (χ0n) is 15.1. The zero-order chi connectivity index (χ0) is 18.3. The van der Waals surface area contributed by atoms with Gasteiger partial charge in [-0.15, -0.1) is 0 Å². The summed E-state index contributed by atoms with van der Waals surface area (Å²) in [7, 11) is -2.88. The van der Waals surface area contributed by atoms with Crippen molar-refractivity contribution in [2.75, 3.05) is 13.2 Å². The molecular formula is C23H22NO2P. The predicted molar refractivity (Wildman–Crippen MR) is 109 cm³/mol. The third-order valence-corrected chi connectivity index (χ3v) is 9.30. The highest BCUT2D eigenvalue weighted by Gasteiger charge is 2.50. The standard InChI is InChI=1S/C23H22NO2P/c25-27(19-10-3-1-4-11-19,20-12-5-2-6-13-20)22-17-26-24-16-15-18-9-7-8-14-21(18)23(22)24/h1-14,22-23H,15-17H2. The Morgan fingerprint density at radius 3 is 2.07 bits per heavy atom. The topological polar surface area (TPSA) is 29.5 Å². The maximum atomic E-state index is 14.8. The molecule has 2 aliphatic rings. The lowest BCUT2D eigenvalue weighted by Crippen LogP contribution is -2.36. The number of hydroxylamine groups is 2. The van der Waals surface area contributed by atoms with Gasteiger partial charge >= 0.3 is 0 Å². The third-order valence-electron chi connectivity index (χ3n) is 5.81. The van der Waals surface area contributed by atoms with Crippen LogP contribution in [-0.2, 0) is 15.8 Å². The maximum Gasteiger partial charge on any atom is 0.150 e. The molecule has 1 fully saturated rings. The molecule has 136 valence electrons. The lowest BCUT2D eigenvalue weighted by Gasteiger charge is -2.35. The van der Waals surface area contributed by atoms with Gasteiger partial charge in [-0.25, -0.2) is 0 Å². The monoisotopic (exact) mass is 375 g/mol. The molecule has 0 amide bonds. The van der Waals surface area contributed by atoms with E-state index in [9.17, 15) is 4.57 Å². The molecule has 0 bridgehead atoms. The first-order chi connectivity index (χ1) is 13.3. The van der Waals surface area contributed by atoms with E-state index < -0.39 is 7.14 Å². The second kappa shape index (κ2) is 6.76. The number of rotatable bonds is 3. The van der Waals surface area contributed by atoms with Crippen LogP contribution >= 0.6 is 7.14 Å². The van der Waals surface area contributed by atoms with E-state index >= 15 is 0 Å². The van der Waals surface area contributed by atoms with E-state index in [2.05, 4.69) is 29.3 Å². The Kier molecular flexibility index (Phi) is 4.24. The summed E-state index contributed by atoms with van der Waals surface area (Å²) in [5.41, 5.74) is 2.52. The van der Waals surface area contributed by atoms with Gasteiger partial charge in [0.15, 0.2) is 0 Å². The van der Waals surface area contributed by atoms with Crippen molar-refractivity contribution in [3.63, 3.8) is 0 Å². The fraction of sp³-hybridized carbons (Fsp3) is 0.217. The molecule has 2 aliphatic heterocycles. The molecule has 0 saturated carbocycles. The van der Waals surface area contributed by atoms with Crippen LogP contribution in [0.25, 0.3) is 0 Å². The largest absolute Gasteiger partial charge is 0.313 e. The van der Waals surface area contributed by atoms with Crippen molar-refractivity contribution in [2.45, 2.75) is 18.1 Å². The van der Waals surface area contributed by atoms with Gasteiger partial charge in [-0.1, -0.05) is 84.9 Å². The molecule has 5 rings (SSSR count). The molecule has 3 aromatic rings. The van der Waals surface area contributed by atoms with Crippen LogP contribution in [0.5, 0.6) is 0 Å². The first-order valence-electron chi connectivity index (χ1n) is 9.47. The van der Waals surface area contributed by atoms with Gasteiger partial charge in [0.25, 0.3) is 0 Å². The Morgan fingerprint density at radius 1 is 0.815 bits per heavy atom. The predicted octanol–water partition coefficient (Wildman–Crippen LogP) is 3.91. The number of benzene rings is 3. The van der Waals surface area contributed by atoms with Gasteiger partial charge in [-0.3, -0.25) is 4.84 Å². The van der Waals surface area contributed by atoms with Crippen LogP contribution in [0.1, 0.15) is 17.2 Å². The maximum absolute atomic E-state index is 14.8. The molecule has 2 unspecified atom stereocenters. The summed E-state index contributed by atoms with van der Waals surface area (Å²) in [5.74, 6) is 0. The van der Waals surface area contributed by atoms with E-state index in [1.165, 1.54) is 11.1 Å². The molecular weight excluding hydrogens is 353 g/mol. The summed E-state index contributed by atoms with van der Waals surface area (Å²) in [6.45, 7) is 1.34. The second-order valence-corrected chi connectivity index (χ2v) is 10.2. The first-order valence-corrected chi connectivity index (χ1v) is 11.2. The summed E-state index contributed by atoms with van der Waals surface area (Å²) in [5, 5.41) is 3.88. The van der Waals surface area contributed by atoms with Crippen LogP contribution in [0, 0.1) is 0 Å². The van der Waals surface area contributed by atoms with Gasteiger partial charge in [0.05, 0.1) is 18.3 Å². The minimum absolute atomic E-state index is 0.0289. The lowest BCUT2D eigenvalue weighted by atomic mass is 9.93. The van der Waals surface area contributed by atoms with Crippen molar-refractivity contribution in [3.8, 4) is 0 Å². The van der Waals surface area contributed by atoms with Gasteiger partial charge in [0, 0.05) is 17.2 Å². The summed E-state index contributed by atoms with van der Waals surface area (Å²) < 4.78 is 14.8. The van der Waals surface area contributed by atoms with E-state index in [1.807, 2.05) is 60.7 Å². The number of nitrogens with zero attached hydrogens (tertiary/aromatic N) is 1. The molecule has 1 saturated heterocycles. The first kappa shape index (κ1) is 16.9. The molecule has 4 heteroatoms. The van der Waals surface area contributed by atoms with Gasteiger partial charge in [0.2, 0.25) is 0 Å². The minimum atomic E-state index is -2.88. The molecule has 0 spiro atoms. The zero-order valence-corrected chi connectivity index (χ0v) is 16.0. The van der Waals surface area contributed by atoms with Crippen molar-refractivity contribution < 1.29 is 9.40 Å². The highest BCUT2D eigenvalue weighted by atomic mass is 31.2. The van der Waals surface area contributed by atoms with E-state index in [0.29, 0.717) is 6.61 Å². The van der Waals surface area contributed by atoms with Gasteiger partial charge in [-0.05, 0) is 17.5 Å². The average Bonchev–Trinajstić information content (AvgIpc) is 3.20. The fourth-order valence-corrected chi connectivity index (χ4v) is 7.80. The van der Waals surface area contributed by atoms with Crippen LogP contribution in [0.4, 0.5) is 0 Å². The number of hydrogen-bond acceptors (Lipinski definition) is 3. The Labute approximate surface area is 159 Å². The number of fused-ring (bicyclic) bond motifs is 3. The highest BCUT2D eigenvalue weighted by molar-refractivity contribution is 7.79. The normalized spacial score (nSPS) is 22.2. The van der Waals surface area contributed by atoms with Crippen LogP contribution in [0.3, 0.4) is 0 Å². The van der Waals surface area contributed by atoms with Crippen LogP contribution in [-0.4, -0.2) is 23.9 Å². The van der Waals surface area contributed by atoms with E-state index in [1.54, 1.807) is 0 Å².